The van der Waals surface area contributed by atoms with Crippen LogP contribution in [0.25, 0.3) is 6.08 Å². The summed E-state index contributed by atoms with van der Waals surface area (Å²) in [5.74, 6) is -0.472. The summed E-state index contributed by atoms with van der Waals surface area (Å²) in [5, 5.41) is 0. The van der Waals surface area contributed by atoms with E-state index in [1.165, 1.54) is 36.0 Å². The largest absolute Gasteiger partial charge is 0.372 e. The second-order valence-corrected chi connectivity index (χ2v) is 4.97. The third-order valence-electron chi connectivity index (χ3n) is 3.58. The predicted molar refractivity (Wildman–Crippen MR) is 89.8 cm³/mol. The molecule has 2 aromatic carbocycles. The molecule has 2 aromatic rings. The molecule has 114 valence electrons. The standard InChI is InChI=1S/C19H20FNO/c1-3-21(4-2)18-12-5-15(6-13-18)7-14-19(22)16-8-10-17(20)11-9-16/h5-14H,3-4H2,1-2H3/b14-7+. The zero-order valence-electron chi connectivity index (χ0n) is 12.9. The highest BCUT2D eigenvalue weighted by molar-refractivity contribution is 6.06. The molecular weight excluding hydrogens is 277 g/mol. The van der Waals surface area contributed by atoms with Crippen LogP contribution in [0, 0.1) is 5.82 Å². The van der Waals surface area contributed by atoms with Gasteiger partial charge in [0.2, 0.25) is 0 Å². The molecule has 2 nitrogen and oxygen atoms in total. The molecule has 0 radical (unpaired) electrons. The zero-order valence-corrected chi connectivity index (χ0v) is 12.9. The van der Waals surface area contributed by atoms with Gasteiger partial charge in [-0.2, -0.15) is 0 Å². The van der Waals surface area contributed by atoms with Crippen LogP contribution in [-0.2, 0) is 0 Å². The maximum absolute atomic E-state index is 12.8. The number of halogens is 1. The monoisotopic (exact) mass is 297 g/mol. The first-order valence-electron chi connectivity index (χ1n) is 7.47. The van der Waals surface area contributed by atoms with Crippen LogP contribution in [0.5, 0.6) is 0 Å². The third kappa shape index (κ3) is 4.04. The Hall–Kier alpha value is -2.42. The number of ketones is 1. The number of hydrogen-bond acceptors (Lipinski definition) is 2. The van der Waals surface area contributed by atoms with Crippen LogP contribution >= 0.6 is 0 Å². The number of carbonyl (C=O) groups is 1. The lowest BCUT2D eigenvalue weighted by Gasteiger charge is -2.20. The number of nitrogens with zero attached hydrogens (tertiary/aromatic N) is 1. The first-order chi connectivity index (χ1) is 10.6. The molecule has 0 aliphatic heterocycles. The quantitative estimate of drug-likeness (QED) is 0.575. The summed E-state index contributed by atoms with van der Waals surface area (Å²) in [4.78, 5) is 14.2. The van der Waals surface area contributed by atoms with Gasteiger partial charge in [0.25, 0.3) is 0 Å². The lowest BCUT2D eigenvalue weighted by Crippen LogP contribution is -2.21. The Bertz CT molecular complexity index is 640. The van der Waals surface area contributed by atoms with Crippen LogP contribution in [0.1, 0.15) is 29.8 Å². The van der Waals surface area contributed by atoms with E-state index >= 15 is 0 Å². The number of hydrogen-bond donors (Lipinski definition) is 0. The molecule has 0 fully saturated rings. The molecule has 0 spiro atoms. The van der Waals surface area contributed by atoms with Crippen molar-refractivity contribution in [2.24, 2.45) is 0 Å². The lowest BCUT2D eigenvalue weighted by molar-refractivity contribution is 0.104. The lowest BCUT2D eigenvalue weighted by atomic mass is 10.1. The van der Waals surface area contributed by atoms with Gasteiger partial charge in [0.15, 0.2) is 5.78 Å². The number of allylic oxidation sites excluding steroid dienone is 1. The normalized spacial score (nSPS) is 10.9. The van der Waals surface area contributed by atoms with Crippen molar-refractivity contribution in [3.63, 3.8) is 0 Å². The van der Waals surface area contributed by atoms with Crippen molar-refractivity contribution in [3.8, 4) is 0 Å². The molecule has 0 heterocycles. The van der Waals surface area contributed by atoms with E-state index in [0.29, 0.717) is 5.56 Å². The van der Waals surface area contributed by atoms with E-state index in [4.69, 9.17) is 0 Å². The van der Waals surface area contributed by atoms with Crippen molar-refractivity contribution in [1.82, 2.24) is 0 Å². The van der Waals surface area contributed by atoms with Crippen molar-refractivity contribution in [2.75, 3.05) is 18.0 Å². The molecule has 0 amide bonds. The molecule has 0 aliphatic carbocycles. The minimum Gasteiger partial charge on any atom is -0.372 e. The Labute approximate surface area is 130 Å². The molecule has 22 heavy (non-hydrogen) atoms. The fourth-order valence-corrected chi connectivity index (χ4v) is 2.27. The summed E-state index contributed by atoms with van der Waals surface area (Å²) in [6, 6.07) is 13.6. The fourth-order valence-electron chi connectivity index (χ4n) is 2.27. The number of carbonyl (C=O) groups excluding carboxylic acids is 1. The van der Waals surface area contributed by atoms with Crippen LogP contribution in [0.15, 0.2) is 54.6 Å². The molecule has 0 bridgehead atoms. The van der Waals surface area contributed by atoms with Gasteiger partial charge in [-0.05, 0) is 61.9 Å². The van der Waals surface area contributed by atoms with Crippen LogP contribution in [0.2, 0.25) is 0 Å². The second-order valence-electron chi connectivity index (χ2n) is 4.97. The molecule has 0 N–H and O–H groups in total. The zero-order chi connectivity index (χ0) is 15.9. The van der Waals surface area contributed by atoms with Gasteiger partial charge in [0.1, 0.15) is 5.82 Å². The highest BCUT2D eigenvalue weighted by Crippen LogP contribution is 2.16. The number of rotatable bonds is 6. The van der Waals surface area contributed by atoms with Gasteiger partial charge < -0.3 is 4.90 Å². The van der Waals surface area contributed by atoms with Crippen molar-refractivity contribution in [3.05, 3.63) is 71.6 Å². The summed E-state index contributed by atoms with van der Waals surface area (Å²) in [5.41, 5.74) is 2.62. The first-order valence-corrected chi connectivity index (χ1v) is 7.47. The summed E-state index contributed by atoms with van der Waals surface area (Å²) in [6.07, 6.45) is 3.29. The van der Waals surface area contributed by atoms with E-state index in [0.717, 1.165) is 18.7 Å². The summed E-state index contributed by atoms with van der Waals surface area (Å²) in [7, 11) is 0. The smallest absolute Gasteiger partial charge is 0.185 e. The Morgan fingerprint density at radius 2 is 1.59 bits per heavy atom. The topological polar surface area (TPSA) is 20.3 Å². The van der Waals surface area contributed by atoms with Gasteiger partial charge >= 0.3 is 0 Å². The molecule has 0 atom stereocenters. The maximum Gasteiger partial charge on any atom is 0.185 e. The van der Waals surface area contributed by atoms with Crippen LogP contribution in [0.4, 0.5) is 10.1 Å². The van der Waals surface area contributed by atoms with Gasteiger partial charge in [-0.25, -0.2) is 4.39 Å². The minimum absolute atomic E-state index is 0.132. The van der Waals surface area contributed by atoms with Gasteiger partial charge in [-0.3, -0.25) is 4.79 Å². The fraction of sp³-hybridized carbons (Fsp3) is 0.211. The van der Waals surface area contributed by atoms with Gasteiger partial charge in [0, 0.05) is 24.3 Å². The van der Waals surface area contributed by atoms with Crippen molar-refractivity contribution in [2.45, 2.75) is 13.8 Å². The third-order valence-corrected chi connectivity index (χ3v) is 3.58. The van der Waals surface area contributed by atoms with Gasteiger partial charge in [-0.15, -0.1) is 0 Å². The van der Waals surface area contributed by atoms with E-state index in [2.05, 4.69) is 30.9 Å². The predicted octanol–water partition coefficient (Wildman–Crippen LogP) is 4.57. The molecule has 0 saturated carbocycles. The van der Waals surface area contributed by atoms with E-state index in [-0.39, 0.29) is 11.6 Å². The van der Waals surface area contributed by atoms with Crippen molar-refractivity contribution >= 4 is 17.5 Å². The SMILES string of the molecule is CCN(CC)c1ccc(/C=C/C(=O)c2ccc(F)cc2)cc1. The Kier molecular flexibility index (Phi) is 5.48. The minimum atomic E-state index is -0.340. The number of anilines is 1. The Morgan fingerprint density at radius 1 is 1.00 bits per heavy atom. The Morgan fingerprint density at radius 3 is 2.14 bits per heavy atom. The first kappa shape index (κ1) is 16.0. The van der Waals surface area contributed by atoms with E-state index in [1.807, 2.05) is 12.1 Å². The Balaban J connectivity index is 2.06. The van der Waals surface area contributed by atoms with Crippen molar-refractivity contribution in [1.29, 1.82) is 0 Å². The van der Waals surface area contributed by atoms with E-state index in [1.54, 1.807) is 6.08 Å². The average Bonchev–Trinajstić information content (AvgIpc) is 2.55. The van der Waals surface area contributed by atoms with Crippen LogP contribution < -0.4 is 4.90 Å². The number of benzene rings is 2. The van der Waals surface area contributed by atoms with Crippen molar-refractivity contribution < 1.29 is 9.18 Å². The molecule has 0 aromatic heterocycles. The average molecular weight is 297 g/mol. The molecule has 2 rings (SSSR count). The van der Waals surface area contributed by atoms with E-state index < -0.39 is 0 Å². The summed E-state index contributed by atoms with van der Waals surface area (Å²) < 4.78 is 12.8. The molecular formula is C19H20FNO. The maximum atomic E-state index is 12.8. The van der Waals surface area contributed by atoms with Gasteiger partial charge in [-0.1, -0.05) is 18.2 Å². The van der Waals surface area contributed by atoms with E-state index in [9.17, 15) is 9.18 Å². The highest BCUT2D eigenvalue weighted by Gasteiger charge is 2.02. The summed E-state index contributed by atoms with van der Waals surface area (Å²) in [6.45, 7) is 6.18. The van der Waals surface area contributed by atoms with Gasteiger partial charge in [0.05, 0.1) is 0 Å². The van der Waals surface area contributed by atoms with Crippen LogP contribution in [-0.4, -0.2) is 18.9 Å². The second kappa shape index (κ2) is 7.55. The molecule has 0 aliphatic rings. The molecule has 3 heteroatoms. The van der Waals surface area contributed by atoms with Crippen LogP contribution in [0.3, 0.4) is 0 Å². The highest BCUT2D eigenvalue weighted by atomic mass is 19.1. The summed E-state index contributed by atoms with van der Waals surface area (Å²) >= 11 is 0. The molecule has 0 saturated heterocycles. The molecule has 0 unspecified atom stereocenters.